The number of carboxylic acids is 1. The van der Waals surface area contributed by atoms with Gasteiger partial charge in [-0.05, 0) is 61.0 Å². The summed E-state index contributed by atoms with van der Waals surface area (Å²) in [6.45, 7) is 1.76. The summed E-state index contributed by atoms with van der Waals surface area (Å²) in [6.07, 6.45) is -0.0103. The van der Waals surface area contributed by atoms with Crippen LogP contribution in [0.2, 0.25) is 5.15 Å². The summed E-state index contributed by atoms with van der Waals surface area (Å²) in [4.78, 5) is 32.7. The van der Waals surface area contributed by atoms with Crippen LogP contribution in [0.1, 0.15) is 21.6 Å². The number of aromatic nitrogens is 1. The van der Waals surface area contributed by atoms with Crippen molar-refractivity contribution < 1.29 is 23.1 Å². The summed E-state index contributed by atoms with van der Waals surface area (Å²) in [6, 6.07) is 22.6. The number of sulfone groups is 1. The number of nitrogens with one attached hydrogen (secondary N) is 2. The molecule has 12 heteroatoms. The lowest BCUT2D eigenvalue weighted by atomic mass is 10.1. The van der Waals surface area contributed by atoms with Crippen molar-refractivity contribution >= 4 is 50.6 Å². The summed E-state index contributed by atoms with van der Waals surface area (Å²) in [7, 11) is -3.87. The van der Waals surface area contributed by atoms with Gasteiger partial charge in [0.2, 0.25) is 9.84 Å². The highest BCUT2D eigenvalue weighted by Gasteiger charge is 2.22. The minimum Gasteiger partial charge on any atom is -0.480 e. The van der Waals surface area contributed by atoms with Gasteiger partial charge in [0.1, 0.15) is 5.15 Å². The molecule has 0 unspecified atom stereocenters. The molecule has 0 bridgehead atoms. The second kappa shape index (κ2) is 12.6. The Morgan fingerprint density at radius 2 is 1.61 bits per heavy atom. The first kappa shape index (κ1) is 29.2. The first-order valence-corrected chi connectivity index (χ1v) is 14.2. The van der Waals surface area contributed by atoms with Crippen molar-refractivity contribution in [1.82, 2.24) is 4.98 Å². The van der Waals surface area contributed by atoms with E-state index >= 15 is 0 Å². The van der Waals surface area contributed by atoms with Gasteiger partial charge >= 0.3 is 5.97 Å². The minimum absolute atomic E-state index is 0.0103. The monoisotopic (exact) mass is 591 g/mol. The highest BCUT2D eigenvalue weighted by molar-refractivity contribution is 7.91. The predicted molar refractivity (Wildman–Crippen MR) is 157 cm³/mol. The molecule has 0 saturated carbocycles. The number of aryl methyl sites for hydroxylation is 1. The number of pyridine rings is 1. The van der Waals surface area contributed by atoms with Crippen molar-refractivity contribution in [3.63, 3.8) is 0 Å². The van der Waals surface area contributed by atoms with Crippen molar-refractivity contribution in [2.24, 2.45) is 10.7 Å². The van der Waals surface area contributed by atoms with Gasteiger partial charge in [-0.25, -0.2) is 23.2 Å². The number of carbonyl (C=O) groups excluding carboxylic acids is 1. The number of benzene rings is 3. The Bertz CT molecular complexity index is 1710. The normalized spacial score (nSPS) is 12.4. The maximum absolute atomic E-state index is 13.2. The molecule has 41 heavy (non-hydrogen) atoms. The number of anilines is 2. The van der Waals surface area contributed by atoms with Crippen LogP contribution in [-0.2, 0) is 21.1 Å². The van der Waals surface area contributed by atoms with E-state index in [0.717, 1.165) is 0 Å². The van der Waals surface area contributed by atoms with Gasteiger partial charge in [-0.3, -0.25) is 4.79 Å². The molecule has 0 aliphatic rings. The van der Waals surface area contributed by atoms with Crippen molar-refractivity contribution in [2.45, 2.75) is 29.2 Å². The van der Waals surface area contributed by atoms with Crippen LogP contribution < -0.4 is 16.4 Å². The SMILES string of the molecule is Cc1ccc(C(=O)Nc2ccc(C[C@H](N=C(N)Nc3ccccc3S(=O)(=O)c3ccccc3)C(=O)O)cc2)c(Cl)n1. The van der Waals surface area contributed by atoms with Crippen molar-refractivity contribution in [2.75, 3.05) is 10.6 Å². The lowest BCUT2D eigenvalue weighted by molar-refractivity contribution is -0.138. The van der Waals surface area contributed by atoms with Crippen LogP contribution in [0.4, 0.5) is 11.4 Å². The zero-order valence-corrected chi connectivity index (χ0v) is 23.4. The second-order valence-corrected chi connectivity index (χ2v) is 11.2. The fourth-order valence-corrected chi connectivity index (χ4v) is 5.62. The molecule has 10 nitrogen and oxygen atoms in total. The number of rotatable bonds is 9. The van der Waals surface area contributed by atoms with E-state index in [1.165, 1.54) is 24.3 Å². The van der Waals surface area contributed by atoms with Gasteiger partial charge in [-0.2, -0.15) is 0 Å². The number of hydrogen-bond acceptors (Lipinski definition) is 6. The van der Waals surface area contributed by atoms with E-state index in [4.69, 9.17) is 17.3 Å². The molecule has 3 aromatic carbocycles. The molecule has 4 aromatic rings. The molecule has 1 heterocycles. The van der Waals surface area contributed by atoms with Crippen LogP contribution in [0.15, 0.2) is 106 Å². The number of para-hydroxylation sites is 1. The fraction of sp³-hybridized carbons (Fsp3) is 0.103. The number of nitrogens with two attached hydrogens (primary N) is 1. The molecule has 0 radical (unpaired) electrons. The van der Waals surface area contributed by atoms with E-state index < -0.39 is 27.8 Å². The van der Waals surface area contributed by atoms with E-state index in [-0.39, 0.29) is 38.6 Å². The van der Waals surface area contributed by atoms with Crippen LogP contribution >= 0.6 is 11.6 Å². The second-order valence-electron chi connectivity index (χ2n) is 8.95. The Kier molecular flexibility index (Phi) is 9.00. The number of halogens is 1. The Hall–Kier alpha value is -4.74. The summed E-state index contributed by atoms with van der Waals surface area (Å²) >= 11 is 6.07. The summed E-state index contributed by atoms with van der Waals surface area (Å²) in [5.74, 6) is -1.92. The van der Waals surface area contributed by atoms with E-state index in [9.17, 15) is 23.1 Å². The van der Waals surface area contributed by atoms with E-state index in [0.29, 0.717) is 16.9 Å². The quantitative estimate of drug-likeness (QED) is 0.125. The molecular weight excluding hydrogens is 566 g/mol. The molecule has 0 aliphatic carbocycles. The summed E-state index contributed by atoms with van der Waals surface area (Å²) in [5, 5.41) is 15.3. The van der Waals surface area contributed by atoms with E-state index in [1.54, 1.807) is 73.7 Å². The van der Waals surface area contributed by atoms with Gasteiger partial charge in [0.15, 0.2) is 12.0 Å². The molecule has 1 amide bonds. The first-order valence-electron chi connectivity index (χ1n) is 12.3. The Morgan fingerprint density at radius 3 is 2.27 bits per heavy atom. The molecule has 0 fully saturated rings. The third kappa shape index (κ3) is 7.27. The Labute approximate surface area is 241 Å². The number of carboxylic acid groups (broad SMARTS) is 1. The van der Waals surface area contributed by atoms with Crippen LogP contribution in [0.3, 0.4) is 0 Å². The van der Waals surface area contributed by atoms with Crippen molar-refractivity contribution in [3.8, 4) is 0 Å². The number of aliphatic carboxylic acids is 1. The maximum atomic E-state index is 13.2. The first-order chi connectivity index (χ1) is 19.5. The molecule has 1 atom stereocenters. The largest absolute Gasteiger partial charge is 0.480 e. The lowest BCUT2D eigenvalue weighted by Crippen LogP contribution is -2.30. The molecule has 210 valence electrons. The molecule has 5 N–H and O–H groups in total. The van der Waals surface area contributed by atoms with Gasteiger partial charge in [0.05, 0.1) is 21.0 Å². The van der Waals surface area contributed by atoms with Gasteiger partial charge < -0.3 is 21.5 Å². The number of hydrogen-bond donors (Lipinski definition) is 4. The Morgan fingerprint density at radius 1 is 0.951 bits per heavy atom. The fourth-order valence-electron chi connectivity index (χ4n) is 3.90. The average molecular weight is 592 g/mol. The number of guanidine groups is 1. The number of carbonyl (C=O) groups is 2. The highest BCUT2D eigenvalue weighted by Crippen LogP contribution is 2.27. The lowest BCUT2D eigenvalue weighted by Gasteiger charge is -2.14. The topological polar surface area (TPSA) is 164 Å². The van der Waals surface area contributed by atoms with Gasteiger partial charge in [0, 0.05) is 17.8 Å². The molecule has 0 spiro atoms. The molecule has 4 rings (SSSR count). The number of aliphatic imine (C=N–C) groups is 1. The summed E-state index contributed by atoms with van der Waals surface area (Å²) < 4.78 is 26.3. The molecule has 1 aromatic heterocycles. The number of amides is 1. The smallest absolute Gasteiger partial charge is 0.328 e. The zero-order chi connectivity index (χ0) is 29.6. The molecular formula is C29H26ClN5O5S. The third-order valence-corrected chi connectivity index (χ3v) is 8.06. The highest BCUT2D eigenvalue weighted by atomic mass is 35.5. The Balaban J connectivity index is 1.47. The standard InChI is InChI=1S/C29H26ClN5O5S/c1-18-11-16-22(26(30)32-18)27(36)33-20-14-12-19(13-15-20)17-24(28(37)38)35-29(31)34-23-9-5-6-10-25(23)41(39,40)21-7-3-2-4-8-21/h2-16,24H,17H2,1H3,(H,33,36)(H,37,38)(H3,31,34,35)/t24-/m0/s1. The third-order valence-electron chi connectivity index (χ3n) is 5.95. The average Bonchev–Trinajstić information content (AvgIpc) is 2.94. The van der Waals surface area contributed by atoms with Crippen molar-refractivity contribution in [1.29, 1.82) is 0 Å². The number of nitrogens with zero attached hydrogens (tertiary/aromatic N) is 2. The van der Waals surface area contributed by atoms with Crippen molar-refractivity contribution in [3.05, 3.63) is 113 Å². The molecule has 0 saturated heterocycles. The predicted octanol–water partition coefficient (Wildman–Crippen LogP) is 4.55. The van der Waals surface area contributed by atoms with Gasteiger partial charge in [0.25, 0.3) is 5.91 Å². The van der Waals surface area contributed by atoms with E-state index in [2.05, 4.69) is 20.6 Å². The zero-order valence-electron chi connectivity index (χ0n) is 21.8. The maximum Gasteiger partial charge on any atom is 0.328 e. The summed E-state index contributed by atoms with van der Waals surface area (Å²) in [5.41, 5.74) is 8.18. The van der Waals surface area contributed by atoms with Gasteiger partial charge in [-0.15, -0.1) is 0 Å². The molecule has 0 aliphatic heterocycles. The minimum atomic E-state index is -3.87. The van der Waals surface area contributed by atoms with Gasteiger partial charge in [-0.1, -0.05) is 54.1 Å². The van der Waals surface area contributed by atoms with Crippen LogP contribution in [0.5, 0.6) is 0 Å². The van der Waals surface area contributed by atoms with E-state index in [1.807, 2.05) is 0 Å². The van der Waals surface area contributed by atoms with Crippen LogP contribution in [0.25, 0.3) is 0 Å². The van der Waals surface area contributed by atoms with Crippen LogP contribution in [0, 0.1) is 6.92 Å². The van der Waals surface area contributed by atoms with Crippen LogP contribution in [-0.4, -0.2) is 42.4 Å².